The molecule has 1 amide bonds. The van der Waals surface area contributed by atoms with Gasteiger partial charge >= 0.3 is 0 Å². The fourth-order valence-corrected chi connectivity index (χ4v) is 4.57. The number of hydrogen-bond acceptors (Lipinski definition) is 5. The van der Waals surface area contributed by atoms with E-state index < -0.39 is 0 Å². The lowest BCUT2D eigenvalue weighted by Gasteiger charge is -2.01. The van der Waals surface area contributed by atoms with Crippen molar-refractivity contribution in [2.24, 2.45) is 0 Å². The van der Waals surface area contributed by atoms with Crippen molar-refractivity contribution in [3.63, 3.8) is 0 Å². The van der Waals surface area contributed by atoms with Gasteiger partial charge < -0.3 is 9.72 Å². The van der Waals surface area contributed by atoms with Crippen LogP contribution in [0.5, 0.6) is 0 Å². The summed E-state index contributed by atoms with van der Waals surface area (Å²) in [6.07, 6.45) is 6.64. The van der Waals surface area contributed by atoms with Crippen molar-refractivity contribution < 1.29 is 4.79 Å². The number of imidazole rings is 2. The Kier molecular flexibility index (Phi) is 3.32. The van der Waals surface area contributed by atoms with Crippen molar-refractivity contribution in [1.82, 2.24) is 24.1 Å². The summed E-state index contributed by atoms with van der Waals surface area (Å²) in [5, 5.41) is 4.97. The molecule has 5 aromatic heterocycles. The number of nitrogens with zero attached hydrogens (tertiary/aromatic N) is 4. The molecule has 0 saturated heterocycles. The van der Waals surface area contributed by atoms with Gasteiger partial charge in [-0.3, -0.25) is 9.20 Å². The molecule has 124 valence electrons. The molecule has 5 heterocycles. The van der Waals surface area contributed by atoms with Gasteiger partial charge in [0.1, 0.15) is 10.5 Å². The second-order valence-electron chi connectivity index (χ2n) is 5.67. The van der Waals surface area contributed by atoms with Crippen molar-refractivity contribution in [3.8, 4) is 0 Å². The normalized spacial score (nSPS) is 11.7. The van der Waals surface area contributed by atoms with E-state index >= 15 is 0 Å². The third-order valence-electron chi connectivity index (χ3n) is 4.04. The Morgan fingerprint density at radius 1 is 1.24 bits per heavy atom. The first-order valence-corrected chi connectivity index (χ1v) is 9.53. The summed E-state index contributed by atoms with van der Waals surface area (Å²) in [6.45, 7) is 0.555. The highest BCUT2D eigenvalue weighted by atomic mass is 32.1. The Hall–Kier alpha value is -2.71. The van der Waals surface area contributed by atoms with Gasteiger partial charge in [0.05, 0.1) is 16.1 Å². The third-order valence-corrected chi connectivity index (χ3v) is 5.82. The predicted octanol–water partition coefficient (Wildman–Crippen LogP) is 3.23. The average molecular weight is 367 g/mol. The van der Waals surface area contributed by atoms with Crippen molar-refractivity contribution in [1.29, 1.82) is 0 Å². The van der Waals surface area contributed by atoms with Crippen molar-refractivity contribution >= 4 is 49.5 Å². The van der Waals surface area contributed by atoms with Gasteiger partial charge in [0.25, 0.3) is 5.91 Å². The summed E-state index contributed by atoms with van der Waals surface area (Å²) in [4.78, 5) is 24.0. The van der Waals surface area contributed by atoms with Crippen LogP contribution in [-0.4, -0.2) is 31.2 Å². The Labute approximate surface area is 150 Å². The lowest BCUT2D eigenvalue weighted by Crippen LogP contribution is -2.24. The van der Waals surface area contributed by atoms with E-state index in [1.165, 1.54) is 11.3 Å². The number of carbonyl (C=O) groups excluding carboxylic acids is 1. The Morgan fingerprint density at radius 3 is 3.12 bits per heavy atom. The monoisotopic (exact) mass is 367 g/mol. The summed E-state index contributed by atoms with van der Waals surface area (Å²) in [7, 11) is 0. The van der Waals surface area contributed by atoms with Gasteiger partial charge in [-0.05, 0) is 18.2 Å². The molecular formula is C17H13N5OS2. The number of pyridine rings is 1. The minimum Gasteiger partial charge on any atom is -0.351 e. The first-order chi connectivity index (χ1) is 12.3. The van der Waals surface area contributed by atoms with Crippen LogP contribution >= 0.6 is 22.7 Å². The standard InChI is InChI=1S/C17H13N5OS2/c23-15(13-9-12-16(25-13)20-17-22(12)7-8-24-17)18-5-4-11-10-21-6-2-1-3-14(21)19-11/h1-3,6-10H,4-5H2,(H,18,23). The second-order valence-corrected chi connectivity index (χ2v) is 7.58. The number of carbonyl (C=O) groups is 1. The molecule has 5 rings (SSSR count). The van der Waals surface area contributed by atoms with Crippen LogP contribution in [0, 0.1) is 0 Å². The van der Waals surface area contributed by atoms with Gasteiger partial charge in [-0.2, -0.15) is 0 Å². The lowest BCUT2D eigenvalue weighted by atomic mass is 10.3. The van der Waals surface area contributed by atoms with Crippen LogP contribution in [0.4, 0.5) is 0 Å². The zero-order chi connectivity index (χ0) is 16.8. The van der Waals surface area contributed by atoms with Crippen molar-refractivity contribution in [3.05, 3.63) is 58.8 Å². The van der Waals surface area contributed by atoms with Crippen LogP contribution in [0.3, 0.4) is 0 Å². The molecule has 0 aliphatic heterocycles. The van der Waals surface area contributed by atoms with E-state index in [9.17, 15) is 4.79 Å². The largest absolute Gasteiger partial charge is 0.351 e. The van der Waals surface area contributed by atoms with Crippen LogP contribution in [0.25, 0.3) is 21.0 Å². The van der Waals surface area contributed by atoms with Crippen LogP contribution in [0.15, 0.2) is 48.2 Å². The van der Waals surface area contributed by atoms with Crippen LogP contribution < -0.4 is 5.32 Å². The van der Waals surface area contributed by atoms with Gasteiger partial charge in [0.15, 0.2) is 4.96 Å². The minimum absolute atomic E-state index is 0.0595. The molecule has 0 saturated carbocycles. The molecular weight excluding hydrogens is 354 g/mol. The highest BCUT2D eigenvalue weighted by Crippen LogP contribution is 2.28. The molecule has 0 bridgehead atoms. The lowest BCUT2D eigenvalue weighted by molar-refractivity contribution is 0.0958. The number of fused-ring (bicyclic) bond motifs is 4. The zero-order valence-electron chi connectivity index (χ0n) is 13.0. The zero-order valence-corrected chi connectivity index (χ0v) is 14.7. The Morgan fingerprint density at radius 2 is 2.20 bits per heavy atom. The number of hydrogen-bond donors (Lipinski definition) is 1. The van der Waals surface area contributed by atoms with E-state index in [0.717, 1.165) is 26.6 Å². The maximum atomic E-state index is 12.4. The second kappa shape index (κ2) is 5.68. The third kappa shape index (κ3) is 2.50. The van der Waals surface area contributed by atoms with Gasteiger partial charge in [-0.1, -0.05) is 6.07 Å². The SMILES string of the molecule is O=C(NCCc1cn2ccccc2n1)c1cc2c(nc3sccn32)s1. The average Bonchev–Trinajstić information content (AvgIpc) is 3.34. The summed E-state index contributed by atoms with van der Waals surface area (Å²) < 4.78 is 4.00. The Balaban J connectivity index is 1.28. The summed E-state index contributed by atoms with van der Waals surface area (Å²) >= 11 is 3.02. The summed E-state index contributed by atoms with van der Waals surface area (Å²) in [5.74, 6) is -0.0595. The molecule has 0 aliphatic carbocycles. The molecule has 6 nitrogen and oxygen atoms in total. The number of amides is 1. The van der Waals surface area contributed by atoms with Crippen LogP contribution in [0.1, 0.15) is 15.4 Å². The first-order valence-electron chi connectivity index (χ1n) is 7.84. The van der Waals surface area contributed by atoms with Gasteiger partial charge in [0.2, 0.25) is 0 Å². The molecule has 0 fully saturated rings. The van der Waals surface area contributed by atoms with E-state index in [1.807, 2.05) is 57.0 Å². The number of thiophene rings is 1. The number of rotatable bonds is 4. The molecule has 0 radical (unpaired) electrons. The topological polar surface area (TPSA) is 63.7 Å². The molecule has 25 heavy (non-hydrogen) atoms. The molecule has 0 aromatic carbocycles. The first kappa shape index (κ1) is 14.6. The molecule has 0 spiro atoms. The number of aromatic nitrogens is 4. The smallest absolute Gasteiger partial charge is 0.261 e. The molecule has 5 aromatic rings. The highest BCUT2D eigenvalue weighted by Gasteiger charge is 2.14. The van der Waals surface area contributed by atoms with Crippen LogP contribution in [-0.2, 0) is 6.42 Å². The number of nitrogens with one attached hydrogen (secondary N) is 1. The van der Waals surface area contributed by atoms with E-state index in [1.54, 1.807) is 11.3 Å². The van der Waals surface area contributed by atoms with E-state index in [2.05, 4.69) is 15.3 Å². The fourth-order valence-electron chi connectivity index (χ4n) is 2.86. The van der Waals surface area contributed by atoms with Gasteiger partial charge in [-0.25, -0.2) is 9.97 Å². The quantitative estimate of drug-likeness (QED) is 0.530. The number of thiazole rings is 1. The van der Waals surface area contributed by atoms with Crippen LogP contribution in [0.2, 0.25) is 0 Å². The van der Waals surface area contributed by atoms with E-state index in [4.69, 9.17) is 0 Å². The van der Waals surface area contributed by atoms with Crippen molar-refractivity contribution in [2.45, 2.75) is 6.42 Å². The van der Waals surface area contributed by atoms with Crippen molar-refractivity contribution in [2.75, 3.05) is 6.54 Å². The molecule has 1 N–H and O–H groups in total. The molecule has 0 atom stereocenters. The maximum Gasteiger partial charge on any atom is 0.261 e. The predicted molar refractivity (Wildman–Crippen MR) is 99.7 cm³/mol. The van der Waals surface area contributed by atoms with E-state index in [0.29, 0.717) is 17.8 Å². The summed E-state index contributed by atoms with van der Waals surface area (Å²) in [6, 6.07) is 7.81. The fraction of sp³-hybridized carbons (Fsp3) is 0.118. The summed E-state index contributed by atoms with van der Waals surface area (Å²) in [5.41, 5.74) is 2.88. The van der Waals surface area contributed by atoms with Gasteiger partial charge in [0, 0.05) is 36.9 Å². The highest BCUT2D eigenvalue weighted by molar-refractivity contribution is 7.21. The minimum atomic E-state index is -0.0595. The maximum absolute atomic E-state index is 12.4. The molecule has 0 unspecified atom stereocenters. The molecule has 0 aliphatic rings. The van der Waals surface area contributed by atoms with E-state index in [-0.39, 0.29) is 5.91 Å². The Bertz CT molecular complexity index is 1180. The molecule has 8 heteroatoms. The van der Waals surface area contributed by atoms with Gasteiger partial charge in [-0.15, -0.1) is 22.7 Å².